The number of nitrogens with zero attached hydrogens (tertiary/aromatic N) is 2. The van der Waals surface area contributed by atoms with Crippen molar-refractivity contribution in [3.63, 3.8) is 0 Å². The molecule has 4 aromatic carbocycles. The zero-order valence-corrected chi connectivity index (χ0v) is 27.3. The van der Waals surface area contributed by atoms with Gasteiger partial charge in [0.25, 0.3) is 11.5 Å². The molecular weight excluding hydrogens is 641 g/mol. The topological polar surface area (TPSA) is 81.9 Å². The maximum Gasteiger partial charge on any atom is 0.271 e. The maximum absolute atomic E-state index is 14.2. The molecule has 1 amide bonds. The van der Waals surface area contributed by atoms with Crippen LogP contribution in [-0.4, -0.2) is 17.1 Å². The van der Waals surface area contributed by atoms with Crippen molar-refractivity contribution in [2.45, 2.75) is 26.5 Å². The second-order valence-electron chi connectivity index (χ2n) is 10.5. The Morgan fingerprint density at radius 1 is 0.957 bits per heavy atom. The van der Waals surface area contributed by atoms with Crippen molar-refractivity contribution >= 4 is 52.2 Å². The lowest BCUT2D eigenvalue weighted by atomic mass is 9.95. The Kier molecular flexibility index (Phi) is 9.40. The molecule has 10 heteroatoms. The van der Waals surface area contributed by atoms with Crippen LogP contribution in [0, 0.1) is 0 Å². The van der Waals surface area contributed by atoms with Gasteiger partial charge in [-0.1, -0.05) is 77.0 Å². The first-order chi connectivity index (χ1) is 22.3. The predicted molar refractivity (Wildman–Crippen MR) is 184 cm³/mol. The van der Waals surface area contributed by atoms with Crippen LogP contribution in [0.25, 0.3) is 6.08 Å². The summed E-state index contributed by atoms with van der Waals surface area (Å²) in [7, 11) is 0. The number of carbonyl (C=O) groups excluding carboxylic acids is 1. The first kappa shape index (κ1) is 31.4. The molecule has 1 N–H and O–H groups in total. The molecular formula is C36H29Cl2N3O4S. The molecule has 0 unspecified atom stereocenters. The number of aromatic nitrogens is 1. The van der Waals surface area contributed by atoms with Gasteiger partial charge >= 0.3 is 0 Å². The fourth-order valence-corrected chi connectivity index (χ4v) is 6.55. The van der Waals surface area contributed by atoms with Gasteiger partial charge in [-0.05, 0) is 85.6 Å². The largest absolute Gasteiger partial charge is 0.494 e. The predicted octanol–water partition coefficient (Wildman–Crippen LogP) is 7.16. The number of ether oxygens (including phenoxy) is 2. The molecule has 0 aliphatic carbocycles. The van der Waals surface area contributed by atoms with E-state index in [1.54, 1.807) is 47.9 Å². The number of thiazole rings is 1. The number of fused-ring (bicyclic) bond motifs is 1. The Morgan fingerprint density at radius 3 is 2.39 bits per heavy atom. The highest BCUT2D eigenvalue weighted by Gasteiger charge is 2.32. The van der Waals surface area contributed by atoms with Gasteiger partial charge in [0.2, 0.25) is 0 Å². The lowest BCUT2D eigenvalue weighted by molar-refractivity contribution is -0.113. The van der Waals surface area contributed by atoms with Gasteiger partial charge in [0, 0.05) is 21.3 Å². The van der Waals surface area contributed by atoms with E-state index >= 15 is 0 Å². The molecule has 2 heterocycles. The number of allylic oxidation sites excluding steroid dienone is 1. The fraction of sp³-hybridized carbons (Fsp3) is 0.139. The number of amides is 1. The van der Waals surface area contributed by atoms with Gasteiger partial charge in [0.1, 0.15) is 18.1 Å². The van der Waals surface area contributed by atoms with Crippen molar-refractivity contribution in [1.29, 1.82) is 0 Å². The standard InChI is InChI=1S/C36H29Cl2N3O4S/c1-3-44-29-16-11-24(12-17-29)33-32(34(42)40-28-7-5-4-6-8-28)22(2)39-36-41(33)35(43)31(46-36)20-25-19-27(38)15-18-30(25)45-21-23-9-13-26(37)14-10-23/h4-20,33H,3,21H2,1-2H3,(H,40,42)/b31-20-/t33-/m1/s1. The van der Waals surface area contributed by atoms with Crippen molar-refractivity contribution in [2.75, 3.05) is 11.9 Å². The summed E-state index contributed by atoms with van der Waals surface area (Å²) in [5.74, 6) is 0.919. The van der Waals surface area contributed by atoms with E-state index in [0.29, 0.717) is 66.6 Å². The summed E-state index contributed by atoms with van der Waals surface area (Å²) in [5, 5.41) is 4.12. The molecule has 46 heavy (non-hydrogen) atoms. The maximum atomic E-state index is 14.2. The number of nitrogens with one attached hydrogen (secondary N) is 1. The SMILES string of the molecule is CCOc1ccc([C@@H]2C(C(=O)Nc3ccccc3)=C(C)N=c3s/c(=C\c4cc(Cl)ccc4OCc4ccc(Cl)cc4)c(=O)n32)cc1. The number of carbonyl (C=O) groups is 1. The number of benzene rings is 4. The lowest BCUT2D eigenvalue weighted by Crippen LogP contribution is -2.40. The Balaban J connectivity index is 1.43. The summed E-state index contributed by atoms with van der Waals surface area (Å²) >= 11 is 13.7. The monoisotopic (exact) mass is 669 g/mol. The highest BCUT2D eigenvalue weighted by molar-refractivity contribution is 7.07. The van der Waals surface area contributed by atoms with Crippen LogP contribution in [0.4, 0.5) is 5.69 Å². The molecule has 7 nitrogen and oxygen atoms in total. The van der Waals surface area contributed by atoms with Gasteiger partial charge < -0.3 is 14.8 Å². The van der Waals surface area contributed by atoms with Crippen LogP contribution in [0.2, 0.25) is 10.0 Å². The summed E-state index contributed by atoms with van der Waals surface area (Å²) in [5.41, 5.74) is 3.58. The number of anilines is 1. The van der Waals surface area contributed by atoms with Gasteiger partial charge in [0.05, 0.1) is 28.5 Å². The number of rotatable bonds is 9. The van der Waals surface area contributed by atoms with Gasteiger partial charge in [-0.2, -0.15) is 0 Å². The van der Waals surface area contributed by atoms with Crippen molar-refractivity contribution in [3.05, 3.63) is 155 Å². The minimum absolute atomic E-state index is 0.288. The quantitative estimate of drug-likeness (QED) is 0.181. The van der Waals surface area contributed by atoms with Crippen molar-refractivity contribution in [3.8, 4) is 11.5 Å². The molecule has 1 aliphatic rings. The molecule has 0 saturated carbocycles. The Morgan fingerprint density at radius 2 is 1.67 bits per heavy atom. The average Bonchev–Trinajstić information content (AvgIpc) is 3.35. The summed E-state index contributed by atoms with van der Waals surface area (Å²) in [4.78, 5) is 33.3. The number of para-hydroxylation sites is 1. The van der Waals surface area contributed by atoms with Gasteiger partial charge in [-0.15, -0.1) is 0 Å². The van der Waals surface area contributed by atoms with Gasteiger partial charge in [0.15, 0.2) is 4.80 Å². The van der Waals surface area contributed by atoms with Crippen LogP contribution in [0.5, 0.6) is 11.5 Å². The third kappa shape index (κ3) is 6.79. The summed E-state index contributed by atoms with van der Waals surface area (Å²) < 4.78 is 13.8. The van der Waals surface area contributed by atoms with E-state index in [1.165, 1.54) is 11.3 Å². The number of hydrogen-bond acceptors (Lipinski definition) is 6. The zero-order chi connectivity index (χ0) is 32.2. The van der Waals surface area contributed by atoms with Crippen molar-refractivity contribution in [2.24, 2.45) is 4.99 Å². The third-order valence-electron chi connectivity index (χ3n) is 7.37. The van der Waals surface area contributed by atoms with Crippen LogP contribution in [0.3, 0.4) is 0 Å². The average molecular weight is 671 g/mol. The molecule has 232 valence electrons. The van der Waals surface area contributed by atoms with Crippen molar-refractivity contribution < 1.29 is 14.3 Å². The first-order valence-corrected chi connectivity index (χ1v) is 16.2. The molecule has 1 aliphatic heterocycles. The molecule has 6 rings (SSSR count). The molecule has 0 fully saturated rings. The molecule has 0 bridgehead atoms. The van der Waals surface area contributed by atoms with Crippen LogP contribution in [-0.2, 0) is 11.4 Å². The second kappa shape index (κ2) is 13.8. The Labute approximate surface area is 279 Å². The Hall–Kier alpha value is -4.63. The molecule has 5 aromatic rings. The highest BCUT2D eigenvalue weighted by atomic mass is 35.5. The van der Waals surface area contributed by atoms with E-state index in [1.807, 2.05) is 73.7 Å². The minimum atomic E-state index is -0.724. The van der Waals surface area contributed by atoms with Gasteiger partial charge in [-0.25, -0.2) is 4.99 Å². The van der Waals surface area contributed by atoms with E-state index in [4.69, 9.17) is 37.7 Å². The summed E-state index contributed by atoms with van der Waals surface area (Å²) in [6, 6.07) is 28.6. The van der Waals surface area contributed by atoms with E-state index in [-0.39, 0.29) is 11.5 Å². The zero-order valence-electron chi connectivity index (χ0n) is 25.0. The van der Waals surface area contributed by atoms with Crippen LogP contribution in [0.1, 0.15) is 36.6 Å². The van der Waals surface area contributed by atoms with Gasteiger partial charge in [-0.3, -0.25) is 14.2 Å². The van der Waals surface area contributed by atoms with Crippen LogP contribution in [0.15, 0.2) is 118 Å². The van der Waals surface area contributed by atoms with E-state index in [0.717, 1.165) is 11.1 Å². The highest BCUT2D eigenvalue weighted by Crippen LogP contribution is 2.32. The van der Waals surface area contributed by atoms with Crippen molar-refractivity contribution in [1.82, 2.24) is 4.57 Å². The van der Waals surface area contributed by atoms with E-state index in [9.17, 15) is 9.59 Å². The second-order valence-corrected chi connectivity index (χ2v) is 12.4. The molecule has 0 radical (unpaired) electrons. The van der Waals surface area contributed by atoms with E-state index < -0.39 is 6.04 Å². The van der Waals surface area contributed by atoms with E-state index in [2.05, 4.69) is 5.32 Å². The summed E-state index contributed by atoms with van der Waals surface area (Å²) in [6.07, 6.45) is 1.76. The van der Waals surface area contributed by atoms with Crippen LogP contribution < -0.4 is 29.7 Å². The first-order valence-electron chi connectivity index (χ1n) is 14.6. The number of hydrogen-bond donors (Lipinski definition) is 1. The molecule has 0 saturated heterocycles. The summed E-state index contributed by atoms with van der Waals surface area (Å²) in [6.45, 7) is 4.53. The molecule has 1 atom stereocenters. The number of halogens is 2. The normalized spacial score (nSPS) is 14.4. The third-order valence-corrected chi connectivity index (χ3v) is 8.84. The lowest BCUT2D eigenvalue weighted by Gasteiger charge is -2.25. The molecule has 1 aromatic heterocycles. The smallest absolute Gasteiger partial charge is 0.271 e. The fourth-order valence-electron chi connectivity index (χ4n) is 5.21. The minimum Gasteiger partial charge on any atom is -0.494 e. The van der Waals surface area contributed by atoms with Crippen LogP contribution >= 0.6 is 34.5 Å². The Bertz CT molecular complexity index is 2110. The molecule has 0 spiro atoms.